The molecule has 2 atom stereocenters. The SMILES string of the molecule is N#CCC1CCCCC1=O.N#CCC1CCCCC1=O. The van der Waals surface area contributed by atoms with Crippen LogP contribution in [-0.4, -0.2) is 11.6 Å². The van der Waals surface area contributed by atoms with Crippen LogP contribution in [0.4, 0.5) is 0 Å². The van der Waals surface area contributed by atoms with Crippen LogP contribution in [0.2, 0.25) is 0 Å². The number of Topliss-reactive ketones (excluding diaryl/α,β-unsaturated/α-hetero) is 2. The van der Waals surface area contributed by atoms with Gasteiger partial charge in [0.05, 0.1) is 12.1 Å². The monoisotopic (exact) mass is 274 g/mol. The maximum atomic E-state index is 11.0. The van der Waals surface area contributed by atoms with E-state index >= 15 is 0 Å². The summed E-state index contributed by atoms with van der Waals surface area (Å²) in [4.78, 5) is 22.1. The van der Waals surface area contributed by atoms with Gasteiger partial charge in [-0.1, -0.05) is 12.8 Å². The van der Waals surface area contributed by atoms with Crippen molar-refractivity contribution in [3.63, 3.8) is 0 Å². The Kier molecular flexibility index (Phi) is 7.58. The second-order valence-corrected chi connectivity index (χ2v) is 5.54. The molecule has 0 spiro atoms. The number of carbonyl (C=O) groups is 2. The van der Waals surface area contributed by atoms with Crippen LogP contribution in [0, 0.1) is 34.5 Å². The molecule has 2 rings (SSSR count). The van der Waals surface area contributed by atoms with Crippen LogP contribution in [0.25, 0.3) is 0 Å². The van der Waals surface area contributed by atoms with E-state index in [-0.39, 0.29) is 11.8 Å². The highest BCUT2D eigenvalue weighted by atomic mass is 16.1. The lowest BCUT2D eigenvalue weighted by Crippen LogP contribution is -2.18. The van der Waals surface area contributed by atoms with Gasteiger partial charge < -0.3 is 0 Å². The predicted molar refractivity (Wildman–Crippen MR) is 74.4 cm³/mol. The Morgan fingerprint density at radius 2 is 1.20 bits per heavy atom. The van der Waals surface area contributed by atoms with Crippen molar-refractivity contribution in [2.75, 3.05) is 0 Å². The summed E-state index contributed by atoms with van der Waals surface area (Å²) < 4.78 is 0. The molecule has 0 aromatic carbocycles. The fourth-order valence-electron chi connectivity index (χ4n) is 2.76. The van der Waals surface area contributed by atoms with Gasteiger partial charge in [-0.05, 0) is 25.7 Å². The summed E-state index contributed by atoms with van der Waals surface area (Å²) >= 11 is 0. The number of nitrogens with zero attached hydrogens (tertiary/aromatic N) is 2. The first-order valence-electron chi connectivity index (χ1n) is 7.48. The van der Waals surface area contributed by atoms with E-state index in [0.717, 1.165) is 38.5 Å². The van der Waals surface area contributed by atoms with Crippen molar-refractivity contribution < 1.29 is 9.59 Å². The summed E-state index contributed by atoms with van der Waals surface area (Å²) in [6.45, 7) is 0. The molecular formula is C16H22N2O2. The van der Waals surface area contributed by atoms with Crippen LogP contribution in [0.5, 0.6) is 0 Å². The highest BCUT2D eigenvalue weighted by Crippen LogP contribution is 2.23. The molecule has 0 amide bonds. The lowest BCUT2D eigenvalue weighted by Gasteiger charge is -2.16. The van der Waals surface area contributed by atoms with E-state index < -0.39 is 0 Å². The largest absolute Gasteiger partial charge is 0.299 e. The van der Waals surface area contributed by atoms with Crippen molar-refractivity contribution in [1.82, 2.24) is 0 Å². The molecule has 0 aliphatic heterocycles. The van der Waals surface area contributed by atoms with Gasteiger partial charge in [-0.2, -0.15) is 10.5 Å². The molecule has 0 saturated heterocycles. The maximum absolute atomic E-state index is 11.0. The minimum absolute atomic E-state index is 0.0683. The van der Waals surface area contributed by atoms with Gasteiger partial charge in [-0.15, -0.1) is 0 Å². The molecule has 0 bridgehead atoms. The lowest BCUT2D eigenvalue weighted by molar-refractivity contribution is -0.125. The normalized spacial score (nSPS) is 25.9. The van der Waals surface area contributed by atoms with Gasteiger partial charge in [-0.25, -0.2) is 0 Å². The van der Waals surface area contributed by atoms with E-state index in [1.54, 1.807) is 0 Å². The van der Waals surface area contributed by atoms with Crippen molar-refractivity contribution >= 4 is 11.6 Å². The van der Waals surface area contributed by atoms with Gasteiger partial charge >= 0.3 is 0 Å². The zero-order chi connectivity index (χ0) is 14.8. The zero-order valence-electron chi connectivity index (χ0n) is 11.9. The average molecular weight is 274 g/mol. The van der Waals surface area contributed by atoms with Gasteiger partial charge in [-0.3, -0.25) is 9.59 Å². The fourth-order valence-corrected chi connectivity index (χ4v) is 2.76. The summed E-state index contributed by atoms with van der Waals surface area (Å²) in [7, 11) is 0. The van der Waals surface area contributed by atoms with Gasteiger partial charge in [0.1, 0.15) is 11.6 Å². The molecule has 0 heterocycles. The molecule has 2 fully saturated rings. The molecule has 0 aromatic heterocycles. The third kappa shape index (κ3) is 5.53. The molecule has 0 aromatic rings. The summed E-state index contributed by atoms with van der Waals surface area (Å²) in [5, 5.41) is 16.7. The molecule has 4 heteroatoms. The Morgan fingerprint density at radius 1 is 0.800 bits per heavy atom. The predicted octanol–water partition coefficient (Wildman–Crippen LogP) is 3.32. The van der Waals surface area contributed by atoms with E-state index in [0.29, 0.717) is 37.2 Å². The van der Waals surface area contributed by atoms with Gasteiger partial charge in [0.15, 0.2) is 0 Å². The van der Waals surface area contributed by atoms with Crippen LogP contribution in [-0.2, 0) is 9.59 Å². The highest BCUT2D eigenvalue weighted by Gasteiger charge is 2.21. The second-order valence-electron chi connectivity index (χ2n) is 5.54. The van der Waals surface area contributed by atoms with Crippen molar-refractivity contribution in [2.45, 2.75) is 64.2 Å². The third-order valence-corrected chi connectivity index (χ3v) is 4.04. The van der Waals surface area contributed by atoms with Crippen LogP contribution < -0.4 is 0 Å². The molecule has 0 N–H and O–H groups in total. The number of hydrogen-bond acceptors (Lipinski definition) is 4. The summed E-state index contributed by atoms with van der Waals surface area (Å²) in [5.41, 5.74) is 0. The van der Waals surface area contributed by atoms with E-state index in [1.807, 2.05) is 12.1 Å². The number of rotatable bonds is 2. The van der Waals surface area contributed by atoms with E-state index in [4.69, 9.17) is 10.5 Å². The Morgan fingerprint density at radius 3 is 1.50 bits per heavy atom. The standard InChI is InChI=1S/2C8H11NO/c2*9-6-5-7-3-1-2-4-8(7)10/h2*7H,1-5H2. The minimum atomic E-state index is 0.0683. The molecule has 2 aliphatic carbocycles. The molecule has 108 valence electrons. The second kappa shape index (κ2) is 9.26. The first-order valence-corrected chi connectivity index (χ1v) is 7.48. The Labute approximate surface area is 120 Å². The fraction of sp³-hybridized carbons (Fsp3) is 0.750. The number of hydrogen-bond donors (Lipinski definition) is 0. The van der Waals surface area contributed by atoms with E-state index in [2.05, 4.69) is 0 Å². The van der Waals surface area contributed by atoms with Crippen LogP contribution in [0.3, 0.4) is 0 Å². The lowest BCUT2D eigenvalue weighted by atomic mass is 9.86. The number of nitriles is 2. The molecule has 2 unspecified atom stereocenters. The molecule has 4 nitrogen and oxygen atoms in total. The minimum Gasteiger partial charge on any atom is -0.299 e. The molecule has 2 aliphatic rings. The summed E-state index contributed by atoms with van der Waals surface area (Å²) in [5.74, 6) is 0.734. The van der Waals surface area contributed by atoms with Crippen molar-refractivity contribution in [2.24, 2.45) is 11.8 Å². The molecular weight excluding hydrogens is 252 g/mol. The van der Waals surface area contributed by atoms with Crippen molar-refractivity contribution in [3.8, 4) is 12.1 Å². The van der Waals surface area contributed by atoms with E-state index in [9.17, 15) is 9.59 Å². The van der Waals surface area contributed by atoms with Gasteiger partial charge in [0.2, 0.25) is 0 Å². The summed E-state index contributed by atoms with van der Waals surface area (Å²) in [6.07, 6.45) is 8.44. The highest BCUT2D eigenvalue weighted by molar-refractivity contribution is 5.82. The quantitative estimate of drug-likeness (QED) is 0.773. The third-order valence-electron chi connectivity index (χ3n) is 4.04. The maximum Gasteiger partial charge on any atom is 0.137 e. The number of ketones is 2. The van der Waals surface area contributed by atoms with Crippen LogP contribution in [0.1, 0.15) is 64.2 Å². The smallest absolute Gasteiger partial charge is 0.137 e. The molecule has 0 radical (unpaired) electrons. The average Bonchev–Trinajstić information content (AvgIpc) is 2.45. The van der Waals surface area contributed by atoms with Crippen LogP contribution in [0.15, 0.2) is 0 Å². The van der Waals surface area contributed by atoms with Crippen LogP contribution >= 0.6 is 0 Å². The summed E-state index contributed by atoms with van der Waals surface area (Å²) in [6, 6.07) is 4.09. The molecule has 2 saturated carbocycles. The van der Waals surface area contributed by atoms with Crippen molar-refractivity contribution in [3.05, 3.63) is 0 Å². The van der Waals surface area contributed by atoms with Gasteiger partial charge in [0.25, 0.3) is 0 Å². The number of carbonyl (C=O) groups excluding carboxylic acids is 2. The Balaban J connectivity index is 0.000000200. The van der Waals surface area contributed by atoms with Gasteiger partial charge in [0, 0.05) is 37.5 Å². The Hall–Kier alpha value is -1.68. The van der Waals surface area contributed by atoms with E-state index in [1.165, 1.54) is 0 Å². The first-order chi connectivity index (χ1) is 9.69. The topological polar surface area (TPSA) is 81.7 Å². The zero-order valence-corrected chi connectivity index (χ0v) is 11.9. The first kappa shape index (κ1) is 16.4. The Bertz CT molecular complexity index is 377. The van der Waals surface area contributed by atoms with Crippen molar-refractivity contribution in [1.29, 1.82) is 10.5 Å². The molecule has 20 heavy (non-hydrogen) atoms.